The van der Waals surface area contributed by atoms with Crippen LogP contribution in [-0.4, -0.2) is 31.4 Å². The molecule has 0 aromatic heterocycles. The second-order valence-corrected chi connectivity index (χ2v) is 6.28. The van der Waals surface area contributed by atoms with Gasteiger partial charge in [0.05, 0.1) is 12.2 Å². The van der Waals surface area contributed by atoms with E-state index in [1.54, 1.807) is 0 Å². The third-order valence-corrected chi connectivity index (χ3v) is 4.10. The molecule has 3 heteroatoms. The van der Waals surface area contributed by atoms with Crippen molar-refractivity contribution in [3.05, 3.63) is 58.7 Å². The van der Waals surface area contributed by atoms with E-state index in [0.29, 0.717) is 6.54 Å². The Balaban J connectivity index is 2.28. The quantitative estimate of drug-likeness (QED) is 0.659. The number of aryl methyl sites for hydroxylation is 4. The molecule has 0 radical (unpaired) electrons. The molecular weight excluding hydrogens is 282 g/mol. The van der Waals surface area contributed by atoms with Crippen LogP contribution >= 0.6 is 0 Å². The molecule has 0 heterocycles. The zero-order chi connectivity index (χ0) is 17.0. The van der Waals surface area contributed by atoms with Gasteiger partial charge in [-0.3, -0.25) is 0 Å². The molecule has 0 aliphatic carbocycles. The van der Waals surface area contributed by atoms with Crippen molar-refractivity contribution in [2.24, 2.45) is 4.99 Å². The van der Waals surface area contributed by atoms with Crippen molar-refractivity contribution in [2.45, 2.75) is 27.7 Å². The lowest BCUT2D eigenvalue weighted by molar-refractivity contribution is 0.614. The monoisotopic (exact) mass is 309 g/mol. The third kappa shape index (κ3) is 4.13. The summed E-state index contributed by atoms with van der Waals surface area (Å²) >= 11 is 0. The molecular formula is C20H27N3. The Morgan fingerprint density at radius 1 is 0.870 bits per heavy atom. The fraction of sp³-hybridized carbons (Fsp3) is 0.350. The van der Waals surface area contributed by atoms with Gasteiger partial charge >= 0.3 is 0 Å². The minimum Gasteiger partial charge on any atom is -0.377 e. The number of benzene rings is 2. The van der Waals surface area contributed by atoms with Crippen molar-refractivity contribution >= 4 is 17.2 Å². The minimum atomic E-state index is 0.701. The lowest BCUT2D eigenvalue weighted by Crippen LogP contribution is -2.29. The van der Waals surface area contributed by atoms with Gasteiger partial charge in [0, 0.05) is 19.8 Å². The number of para-hydroxylation sites is 2. The molecule has 0 amide bonds. The fourth-order valence-electron chi connectivity index (χ4n) is 2.67. The highest BCUT2D eigenvalue weighted by atomic mass is 15.2. The van der Waals surface area contributed by atoms with Crippen molar-refractivity contribution in [1.29, 1.82) is 0 Å². The molecule has 2 aromatic rings. The van der Waals surface area contributed by atoms with Gasteiger partial charge in [-0.25, -0.2) is 4.99 Å². The summed E-state index contributed by atoms with van der Waals surface area (Å²) in [6.45, 7) is 9.18. The van der Waals surface area contributed by atoms with Gasteiger partial charge in [0.2, 0.25) is 0 Å². The molecule has 122 valence electrons. The number of amidine groups is 1. The highest BCUT2D eigenvalue weighted by Gasteiger charge is 2.08. The molecule has 3 nitrogen and oxygen atoms in total. The lowest BCUT2D eigenvalue weighted by Gasteiger charge is -2.20. The minimum absolute atomic E-state index is 0.701. The van der Waals surface area contributed by atoms with Crippen molar-refractivity contribution in [3.63, 3.8) is 0 Å². The summed E-state index contributed by atoms with van der Waals surface area (Å²) in [5.41, 5.74) is 7.20. The first-order valence-corrected chi connectivity index (χ1v) is 8.01. The Bertz CT molecular complexity index is 674. The van der Waals surface area contributed by atoms with E-state index in [4.69, 9.17) is 4.99 Å². The van der Waals surface area contributed by atoms with E-state index in [0.717, 1.165) is 11.5 Å². The normalized spacial score (nSPS) is 11.5. The van der Waals surface area contributed by atoms with Gasteiger partial charge in [-0.1, -0.05) is 36.4 Å². The summed E-state index contributed by atoms with van der Waals surface area (Å²) in [7, 11) is 4.08. The zero-order valence-corrected chi connectivity index (χ0v) is 15.1. The molecule has 2 rings (SSSR count). The number of hydrogen-bond donors (Lipinski definition) is 1. The molecule has 0 saturated carbocycles. The Labute approximate surface area is 140 Å². The molecule has 0 fully saturated rings. The van der Waals surface area contributed by atoms with E-state index in [1.807, 2.05) is 14.1 Å². The highest BCUT2D eigenvalue weighted by molar-refractivity contribution is 5.89. The molecule has 0 spiro atoms. The fourth-order valence-corrected chi connectivity index (χ4v) is 2.67. The first kappa shape index (κ1) is 17.1. The SMILES string of the molecule is Cc1cccc(C)c1N=C(CNc1c(C)cccc1C)N(C)C. The summed E-state index contributed by atoms with van der Waals surface area (Å²) in [6, 6.07) is 12.7. The molecule has 0 unspecified atom stereocenters. The second-order valence-electron chi connectivity index (χ2n) is 6.28. The molecule has 2 aromatic carbocycles. The van der Waals surface area contributed by atoms with E-state index < -0.39 is 0 Å². The van der Waals surface area contributed by atoms with E-state index >= 15 is 0 Å². The van der Waals surface area contributed by atoms with Crippen LogP contribution in [-0.2, 0) is 0 Å². The van der Waals surface area contributed by atoms with Gasteiger partial charge in [0.1, 0.15) is 5.84 Å². The molecule has 1 N–H and O–H groups in total. The topological polar surface area (TPSA) is 27.6 Å². The van der Waals surface area contributed by atoms with Gasteiger partial charge in [-0.2, -0.15) is 0 Å². The average Bonchev–Trinajstić information content (AvgIpc) is 2.48. The van der Waals surface area contributed by atoms with Gasteiger partial charge in [0.25, 0.3) is 0 Å². The van der Waals surface area contributed by atoms with Crippen LogP contribution in [0.3, 0.4) is 0 Å². The average molecular weight is 309 g/mol. The van der Waals surface area contributed by atoms with Crippen molar-refractivity contribution < 1.29 is 0 Å². The first-order chi connectivity index (χ1) is 10.9. The Hall–Kier alpha value is -2.29. The van der Waals surface area contributed by atoms with Crippen LogP contribution in [0.5, 0.6) is 0 Å². The molecule has 0 bridgehead atoms. The van der Waals surface area contributed by atoms with E-state index in [9.17, 15) is 0 Å². The Kier molecular flexibility index (Phi) is 5.43. The predicted octanol–water partition coefficient (Wildman–Crippen LogP) is 4.62. The number of nitrogens with zero attached hydrogens (tertiary/aromatic N) is 2. The number of nitrogens with one attached hydrogen (secondary N) is 1. The maximum atomic E-state index is 4.91. The second kappa shape index (κ2) is 7.32. The first-order valence-electron chi connectivity index (χ1n) is 8.01. The third-order valence-electron chi connectivity index (χ3n) is 4.10. The van der Waals surface area contributed by atoms with Gasteiger partial charge in [-0.15, -0.1) is 0 Å². The van der Waals surface area contributed by atoms with Gasteiger partial charge < -0.3 is 10.2 Å². The Morgan fingerprint density at radius 3 is 1.83 bits per heavy atom. The van der Waals surface area contributed by atoms with Crippen LogP contribution in [0, 0.1) is 27.7 Å². The van der Waals surface area contributed by atoms with E-state index in [-0.39, 0.29) is 0 Å². The summed E-state index contributed by atoms with van der Waals surface area (Å²) < 4.78 is 0. The van der Waals surface area contributed by atoms with Crippen LogP contribution in [0.4, 0.5) is 11.4 Å². The van der Waals surface area contributed by atoms with Crippen molar-refractivity contribution in [3.8, 4) is 0 Å². The maximum Gasteiger partial charge on any atom is 0.124 e. The summed E-state index contributed by atoms with van der Waals surface area (Å²) in [5.74, 6) is 1.02. The number of hydrogen-bond acceptors (Lipinski definition) is 2. The standard InChI is InChI=1S/C20H27N3/c1-14-9-7-10-15(2)19(14)21-13-18(23(5)6)22-20-16(3)11-8-12-17(20)4/h7-12,21H,13H2,1-6H3. The van der Waals surface area contributed by atoms with Crippen molar-refractivity contribution in [2.75, 3.05) is 26.0 Å². The Morgan fingerprint density at radius 2 is 1.35 bits per heavy atom. The number of aliphatic imine (C=N–C) groups is 1. The molecule has 0 aliphatic rings. The van der Waals surface area contributed by atoms with Crippen LogP contribution < -0.4 is 5.32 Å². The van der Waals surface area contributed by atoms with Crippen LogP contribution in [0.15, 0.2) is 41.4 Å². The van der Waals surface area contributed by atoms with Gasteiger partial charge in [0.15, 0.2) is 0 Å². The van der Waals surface area contributed by atoms with Crippen molar-refractivity contribution in [1.82, 2.24) is 4.90 Å². The maximum absolute atomic E-state index is 4.91. The largest absolute Gasteiger partial charge is 0.377 e. The molecule has 0 atom stereocenters. The molecule has 0 saturated heterocycles. The smallest absolute Gasteiger partial charge is 0.124 e. The van der Waals surface area contributed by atoms with Gasteiger partial charge in [-0.05, 0) is 49.9 Å². The highest BCUT2D eigenvalue weighted by Crippen LogP contribution is 2.24. The number of rotatable bonds is 4. The van der Waals surface area contributed by atoms with Crippen LogP contribution in [0.1, 0.15) is 22.3 Å². The summed E-state index contributed by atoms with van der Waals surface area (Å²) in [4.78, 5) is 6.99. The van der Waals surface area contributed by atoms with Crippen LogP contribution in [0.2, 0.25) is 0 Å². The van der Waals surface area contributed by atoms with E-state index in [1.165, 1.54) is 27.9 Å². The lowest BCUT2D eigenvalue weighted by atomic mass is 10.1. The number of likely N-dealkylation sites (N-methyl/N-ethyl adjacent to an activating group) is 1. The summed E-state index contributed by atoms with van der Waals surface area (Å²) in [5, 5.41) is 3.55. The summed E-state index contributed by atoms with van der Waals surface area (Å²) in [6.07, 6.45) is 0. The van der Waals surface area contributed by atoms with E-state index in [2.05, 4.69) is 74.3 Å². The van der Waals surface area contributed by atoms with Crippen LogP contribution in [0.25, 0.3) is 0 Å². The predicted molar refractivity (Wildman–Crippen MR) is 101 cm³/mol. The zero-order valence-electron chi connectivity index (χ0n) is 15.1. The molecule has 0 aliphatic heterocycles. The molecule has 23 heavy (non-hydrogen) atoms. The number of anilines is 1.